The average molecular weight is 485 g/mol. The van der Waals surface area contributed by atoms with Gasteiger partial charge < -0.3 is 23.7 Å². The van der Waals surface area contributed by atoms with Gasteiger partial charge in [-0.25, -0.2) is 5.01 Å². The molecule has 2 aromatic rings. The van der Waals surface area contributed by atoms with Gasteiger partial charge in [0.2, 0.25) is 11.7 Å². The second-order valence-corrected chi connectivity index (χ2v) is 7.81. The first-order valence-corrected chi connectivity index (χ1v) is 11.3. The van der Waals surface area contributed by atoms with E-state index in [0.717, 1.165) is 12.0 Å². The number of ether oxygens (including phenoxy) is 5. The van der Waals surface area contributed by atoms with Crippen LogP contribution >= 0.6 is 0 Å². The molecule has 3 rings (SSSR count). The molecule has 0 aliphatic carbocycles. The van der Waals surface area contributed by atoms with Crippen LogP contribution in [0, 0.1) is 0 Å². The largest absolute Gasteiger partial charge is 0.497 e. The summed E-state index contributed by atoms with van der Waals surface area (Å²) in [5.74, 6) is 2.44. The van der Waals surface area contributed by atoms with Crippen LogP contribution in [0.1, 0.15) is 24.0 Å². The number of hydrogen-bond acceptors (Lipinski definition) is 7. The molecule has 1 fully saturated rings. The fourth-order valence-corrected chi connectivity index (χ4v) is 3.98. The summed E-state index contributed by atoms with van der Waals surface area (Å²) >= 11 is 0. The van der Waals surface area contributed by atoms with Crippen molar-refractivity contribution in [2.24, 2.45) is 0 Å². The lowest BCUT2D eigenvalue weighted by Crippen LogP contribution is -2.44. The van der Waals surface area contributed by atoms with Crippen molar-refractivity contribution in [1.82, 2.24) is 10.0 Å². The monoisotopic (exact) mass is 484 g/mol. The Balaban J connectivity index is 1.68. The summed E-state index contributed by atoms with van der Waals surface area (Å²) < 4.78 is 26.8. The smallest absolute Gasteiger partial charge is 0.265 e. The normalized spacial score (nSPS) is 13.2. The Kier molecular flexibility index (Phi) is 8.83. The number of methoxy groups -OCH3 is 5. The molecule has 9 nitrogen and oxygen atoms in total. The summed E-state index contributed by atoms with van der Waals surface area (Å²) in [7, 11) is 7.78. The van der Waals surface area contributed by atoms with E-state index in [1.165, 1.54) is 16.1 Å². The van der Waals surface area contributed by atoms with Crippen molar-refractivity contribution >= 4 is 17.9 Å². The van der Waals surface area contributed by atoms with Crippen molar-refractivity contribution in [2.75, 3.05) is 48.6 Å². The Morgan fingerprint density at radius 3 is 2.09 bits per heavy atom. The number of aryl methyl sites for hydroxylation is 1. The minimum atomic E-state index is -0.270. The van der Waals surface area contributed by atoms with E-state index in [9.17, 15) is 9.59 Å². The molecule has 35 heavy (non-hydrogen) atoms. The summed E-state index contributed by atoms with van der Waals surface area (Å²) in [5.41, 5.74) is 1.58. The number of hydrogen-bond donors (Lipinski definition) is 0. The number of carbonyl (C=O) groups is 2. The molecule has 1 heterocycles. The van der Waals surface area contributed by atoms with Crippen LogP contribution in [0.5, 0.6) is 28.7 Å². The number of rotatable bonds is 10. The van der Waals surface area contributed by atoms with Gasteiger partial charge in [-0.2, -0.15) is 0 Å². The number of nitrogens with zero attached hydrogens (tertiary/aromatic N) is 2. The summed E-state index contributed by atoms with van der Waals surface area (Å²) in [5, 5.41) is 3.01. The van der Waals surface area contributed by atoms with E-state index in [1.54, 1.807) is 59.8 Å². The Labute approximate surface area is 205 Å². The maximum atomic E-state index is 13.0. The van der Waals surface area contributed by atoms with Gasteiger partial charge in [0.05, 0.1) is 35.5 Å². The van der Waals surface area contributed by atoms with E-state index in [4.69, 9.17) is 23.7 Å². The van der Waals surface area contributed by atoms with Gasteiger partial charge in [0.25, 0.3) is 5.91 Å². The highest BCUT2D eigenvalue weighted by atomic mass is 16.5. The second kappa shape index (κ2) is 12.0. The quantitative estimate of drug-likeness (QED) is 0.478. The SMILES string of the molecule is COc1ccc(OC)c(C=CC(=O)N2CCCN2C(=O)CCc2cc(OC)c(OC)c(OC)c2)c1. The zero-order valence-corrected chi connectivity index (χ0v) is 20.8. The Morgan fingerprint density at radius 2 is 1.49 bits per heavy atom. The van der Waals surface area contributed by atoms with Gasteiger partial charge in [0.15, 0.2) is 11.5 Å². The fourth-order valence-electron chi connectivity index (χ4n) is 3.98. The van der Waals surface area contributed by atoms with E-state index in [1.807, 2.05) is 12.1 Å². The predicted octanol–water partition coefficient (Wildman–Crippen LogP) is 3.35. The van der Waals surface area contributed by atoms with Crippen LogP contribution in [0.15, 0.2) is 36.4 Å². The zero-order chi connectivity index (χ0) is 25.4. The molecule has 0 atom stereocenters. The van der Waals surface area contributed by atoms with Crippen LogP contribution in [0.25, 0.3) is 6.08 Å². The van der Waals surface area contributed by atoms with Crippen molar-refractivity contribution < 1.29 is 33.3 Å². The Morgan fingerprint density at radius 1 is 0.829 bits per heavy atom. The average Bonchev–Trinajstić information content (AvgIpc) is 3.39. The highest BCUT2D eigenvalue weighted by molar-refractivity contribution is 5.94. The lowest BCUT2D eigenvalue weighted by molar-refractivity contribution is -0.154. The minimum Gasteiger partial charge on any atom is -0.497 e. The number of benzene rings is 2. The molecule has 188 valence electrons. The van der Waals surface area contributed by atoms with Gasteiger partial charge in [-0.1, -0.05) is 0 Å². The Hall–Kier alpha value is -3.88. The van der Waals surface area contributed by atoms with Crippen LogP contribution < -0.4 is 23.7 Å². The minimum absolute atomic E-state index is 0.128. The molecule has 1 aliphatic heterocycles. The summed E-state index contributed by atoms with van der Waals surface area (Å²) in [6, 6.07) is 9.00. The molecule has 0 bridgehead atoms. The van der Waals surface area contributed by atoms with Crippen molar-refractivity contribution in [3.8, 4) is 28.7 Å². The molecule has 1 aliphatic rings. The number of hydrazine groups is 1. The molecule has 1 saturated heterocycles. The summed E-state index contributed by atoms with van der Waals surface area (Å²) in [6.45, 7) is 0.977. The van der Waals surface area contributed by atoms with E-state index < -0.39 is 0 Å². The first-order valence-electron chi connectivity index (χ1n) is 11.3. The van der Waals surface area contributed by atoms with Crippen LogP contribution in [-0.4, -0.2) is 70.5 Å². The maximum Gasteiger partial charge on any atom is 0.265 e. The lowest BCUT2D eigenvalue weighted by Gasteiger charge is -2.27. The Bertz CT molecular complexity index is 1060. The molecule has 9 heteroatoms. The lowest BCUT2D eigenvalue weighted by atomic mass is 10.1. The van der Waals surface area contributed by atoms with E-state index in [2.05, 4.69) is 0 Å². The molecule has 0 unspecified atom stereocenters. The van der Waals surface area contributed by atoms with Crippen molar-refractivity contribution in [3.05, 3.63) is 47.5 Å². The standard InChI is InChI=1S/C26H32N2O7/c1-31-20-9-10-21(32-2)19(17-20)8-12-25(30)28-14-6-13-27(28)24(29)11-7-18-15-22(33-3)26(35-5)23(16-18)34-4/h8-10,12,15-17H,6-7,11,13-14H2,1-5H3. The molecule has 0 spiro atoms. The third kappa shape index (κ3) is 5.98. The van der Waals surface area contributed by atoms with Crippen molar-refractivity contribution in [2.45, 2.75) is 19.3 Å². The molecule has 2 aromatic carbocycles. The van der Waals surface area contributed by atoms with Gasteiger partial charge in [-0.05, 0) is 54.8 Å². The van der Waals surface area contributed by atoms with Gasteiger partial charge >= 0.3 is 0 Å². The van der Waals surface area contributed by atoms with Gasteiger partial charge in [-0.3, -0.25) is 14.6 Å². The highest BCUT2D eigenvalue weighted by Crippen LogP contribution is 2.38. The summed E-state index contributed by atoms with van der Waals surface area (Å²) in [4.78, 5) is 25.9. The predicted molar refractivity (Wildman–Crippen MR) is 131 cm³/mol. The zero-order valence-electron chi connectivity index (χ0n) is 20.8. The van der Waals surface area contributed by atoms with Gasteiger partial charge in [0.1, 0.15) is 11.5 Å². The van der Waals surface area contributed by atoms with Crippen LogP contribution in [0.2, 0.25) is 0 Å². The molecule has 0 N–H and O–H groups in total. The highest BCUT2D eigenvalue weighted by Gasteiger charge is 2.29. The first kappa shape index (κ1) is 25.7. The fraction of sp³-hybridized carbons (Fsp3) is 0.385. The van der Waals surface area contributed by atoms with E-state index >= 15 is 0 Å². The maximum absolute atomic E-state index is 13.0. The van der Waals surface area contributed by atoms with Gasteiger partial charge in [-0.15, -0.1) is 0 Å². The molecule has 0 aromatic heterocycles. The topological polar surface area (TPSA) is 86.8 Å². The molecule has 2 amide bonds. The van der Waals surface area contributed by atoms with Crippen molar-refractivity contribution in [1.29, 1.82) is 0 Å². The molecule has 0 saturated carbocycles. The molecular formula is C26H32N2O7. The summed E-state index contributed by atoms with van der Waals surface area (Å²) in [6.07, 6.45) is 4.53. The molecular weight excluding hydrogens is 452 g/mol. The first-order chi connectivity index (χ1) is 16.9. The third-order valence-electron chi connectivity index (χ3n) is 5.77. The third-order valence-corrected chi connectivity index (χ3v) is 5.77. The molecule has 0 radical (unpaired) electrons. The van der Waals surface area contributed by atoms with E-state index in [-0.39, 0.29) is 18.2 Å². The van der Waals surface area contributed by atoms with Crippen LogP contribution in [0.4, 0.5) is 0 Å². The number of carbonyl (C=O) groups excluding carboxylic acids is 2. The second-order valence-electron chi connectivity index (χ2n) is 7.81. The number of amides is 2. The van der Waals surface area contributed by atoms with Crippen molar-refractivity contribution in [3.63, 3.8) is 0 Å². The van der Waals surface area contributed by atoms with E-state index in [0.29, 0.717) is 53.8 Å². The van der Waals surface area contributed by atoms with Crippen LogP contribution in [0.3, 0.4) is 0 Å². The van der Waals surface area contributed by atoms with Gasteiger partial charge in [0, 0.05) is 31.1 Å². The van der Waals surface area contributed by atoms with Crippen LogP contribution in [-0.2, 0) is 16.0 Å².